The summed E-state index contributed by atoms with van der Waals surface area (Å²) in [5, 5.41) is 3.67. The zero-order valence-electron chi connectivity index (χ0n) is 8.05. The third-order valence-corrected chi connectivity index (χ3v) is 3.36. The maximum absolute atomic E-state index is 3.67. The highest BCUT2D eigenvalue weighted by molar-refractivity contribution is 4.85. The molecule has 2 nitrogen and oxygen atoms in total. The molecule has 0 bridgehead atoms. The molecule has 12 heavy (non-hydrogen) atoms. The van der Waals surface area contributed by atoms with E-state index in [1.165, 1.54) is 45.3 Å². The van der Waals surface area contributed by atoms with Crippen LogP contribution in [0.25, 0.3) is 0 Å². The Bertz CT molecular complexity index is 147. The van der Waals surface area contributed by atoms with Crippen LogP contribution in [0, 0.1) is 5.92 Å². The molecular formula is C10H20N2. The van der Waals surface area contributed by atoms with Gasteiger partial charge in [0.2, 0.25) is 0 Å². The van der Waals surface area contributed by atoms with Crippen molar-refractivity contribution in [1.29, 1.82) is 0 Å². The Morgan fingerprint density at radius 2 is 2.08 bits per heavy atom. The Hall–Kier alpha value is -0.0800. The highest BCUT2D eigenvalue weighted by atomic mass is 15.1. The molecule has 1 aliphatic heterocycles. The second-order valence-corrected chi connectivity index (χ2v) is 4.37. The fraction of sp³-hybridized carbons (Fsp3) is 1.00. The zero-order valence-corrected chi connectivity index (χ0v) is 8.05. The summed E-state index contributed by atoms with van der Waals surface area (Å²) in [4.78, 5) is 2.48. The first kappa shape index (κ1) is 8.52. The molecule has 1 saturated heterocycles. The van der Waals surface area contributed by atoms with Crippen LogP contribution in [0.4, 0.5) is 0 Å². The van der Waals surface area contributed by atoms with E-state index in [4.69, 9.17) is 0 Å². The van der Waals surface area contributed by atoms with E-state index >= 15 is 0 Å². The lowest BCUT2D eigenvalue weighted by molar-refractivity contribution is 0.232. The molecule has 1 heterocycles. The predicted octanol–water partition coefficient (Wildman–Crippen LogP) is 1.08. The summed E-state index contributed by atoms with van der Waals surface area (Å²) in [6.45, 7) is 3.74. The van der Waals surface area contributed by atoms with Crippen molar-refractivity contribution >= 4 is 0 Å². The van der Waals surface area contributed by atoms with E-state index in [2.05, 4.69) is 17.3 Å². The van der Waals surface area contributed by atoms with E-state index in [0.717, 1.165) is 12.0 Å². The van der Waals surface area contributed by atoms with Gasteiger partial charge in [0.05, 0.1) is 0 Å². The van der Waals surface area contributed by atoms with Gasteiger partial charge < -0.3 is 10.2 Å². The molecule has 0 radical (unpaired) electrons. The van der Waals surface area contributed by atoms with Crippen LogP contribution >= 0.6 is 0 Å². The molecule has 0 aromatic rings. The molecule has 2 atom stereocenters. The van der Waals surface area contributed by atoms with Crippen LogP contribution in [-0.2, 0) is 0 Å². The van der Waals surface area contributed by atoms with Crippen molar-refractivity contribution in [3.63, 3.8) is 0 Å². The lowest BCUT2D eigenvalue weighted by Gasteiger charge is -2.31. The molecule has 0 aromatic carbocycles. The van der Waals surface area contributed by atoms with E-state index in [1.54, 1.807) is 0 Å². The van der Waals surface area contributed by atoms with E-state index in [1.807, 2.05) is 0 Å². The van der Waals surface area contributed by atoms with Gasteiger partial charge in [0.25, 0.3) is 0 Å². The topological polar surface area (TPSA) is 15.3 Å². The minimum atomic E-state index is 0.837. The first-order chi connectivity index (χ1) is 5.86. The Balaban J connectivity index is 1.96. The number of hydrogen-bond acceptors (Lipinski definition) is 2. The maximum atomic E-state index is 3.67. The first-order valence-electron chi connectivity index (χ1n) is 5.28. The summed E-state index contributed by atoms with van der Waals surface area (Å²) in [7, 11) is 2.25. The number of likely N-dealkylation sites (N-methyl/N-ethyl adjacent to an activating group) is 1. The zero-order chi connectivity index (χ0) is 8.39. The van der Waals surface area contributed by atoms with Crippen molar-refractivity contribution in [3.8, 4) is 0 Å². The predicted molar refractivity (Wildman–Crippen MR) is 51.2 cm³/mol. The second-order valence-electron chi connectivity index (χ2n) is 4.37. The van der Waals surface area contributed by atoms with Gasteiger partial charge in [-0.05, 0) is 25.8 Å². The molecule has 1 saturated carbocycles. The number of hydrogen-bond donors (Lipinski definition) is 1. The number of rotatable bonds is 0. The molecule has 1 aliphatic carbocycles. The molecule has 0 aromatic heterocycles. The summed E-state index contributed by atoms with van der Waals surface area (Å²) in [6.07, 6.45) is 5.76. The van der Waals surface area contributed by atoms with Crippen molar-refractivity contribution in [2.24, 2.45) is 5.92 Å². The molecule has 2 heteroatoms. The normalized spacial score (nSPS) is 38.8. The van der Waals surface area contributed by atoms with Crippen LogP contribution in [0.15, 0.2) is 0 Å². The monoisotopic (exact) mass is 168 g/mol. The third kappa shape index (κ3) is 1.80. The van der Waals surface area contributed by atoms with Crippen molar-refractivity contribution < 1.29 is 0 Å². The van der Waals surface area contributed by atoms with Crippen molar-refractivity contribution in [2.45, 2.75) is 31.7 Å². The SMILES string of the molecule is CN1CCNC2CCCCC2C1. The van der Waals surface area contributed by atoms with Crippen molar-refractivity contribution in [3.05, 3.63) is 0 Å². The van der Waals surface area contributed by atoms with Gasteiger partial charge in [0, 0.05) is 25.7 Å². The summed E-state index contributed by atoms with van der Waals surface area (Å²) in [5.74, 6) is 0.936. The first-order valence-corrected chi connectivity index (χ1v) is 5.28. The number of nitrogens with one attached hydrogen (secondary N) is 1. The van der Waals surface area contributed by atoms with Gasteiger partial charge in [0.1, 0.15) is 0 Å². The molecule has 2 rings (SSSR count). The smallest absolute Gasteiger partial charge is 0.0108 e. The summed E-state index contributed by atoms with van der Waals surface area (Å²) in [5.41, 5.74) is 0. The van der Waals surface area contributed by atoms with Crippen LogP contribution in [0.2, 0.25) is 0 Å². The second kappa shape index (κ2) is 3.75. The van der Waals surface area contributed by atoms with Gasteiger partial charge in [-0.15, -0.1) is 0 Å². The highest BCUT2D eigenvalue weighted by Crippen LogP contribution is 2.25. The third-order valence-electron chi connectivity index (χ3n) is 3.36. The average Bonchev–Trinajstić information content (AvgIpc) is 2.25. The van der Waals surface area contributed by atoms with Gasteiger partial charge in [-0.2, -0.15) is 0 Å². The minimum absolute atomic E-state index is 0.837. The molecule has 0 spiro atoms. The number of nitrogens with zero attached hydrogens (tertiary/aromatic N) is 1. The van der Waals surface area contributed by atoms with E-state index in [-0.39, 0.29) is 0 Å². The molecule has 2 fully saturated rings. The van der Waals surface area contributed by atoms with Crippen molar-refractivity contribution in [1.82, 2.24) is 10.2 Å². The highest BCUT2D eigenvalue weighted by Gasteiger charge is 2.27. The van der Waals surface area contributed by atoms with Crippen LogP contribution in [0.5, 0.6) is 0 Å². The fourth-order valence-electron chi connectivity index (χ4n) is 2.63. The largest absolute Gasteiger partial charge is 0.312 e. The summed E-state index contributed by atoms with van der Waals surface area (Å²) < 4.78 is 0. The lowest BCUT2D eigenvalue weighted by Crippen LogP contribution is -2.38. The maximum Gasteiger partial charge on any atom is 0.0108 e. The lowest BCUT2D eigenvalue weighted by atomic mass is 9.84. The fourth-order valence-corrected chi connectivity index (χ4v) is 2.63. The van der Waals surface area contributed by atoms with Crippen LogP contribution in [0.3, 0.4) is 0 Å². The Kier molecular flexibility index (Phi) is 2.66. The molecule has 0 amide bonds. The molecule has 2 aliphatic rings. The summed E-state index contributed by atoms with van der Waals surface area (Å²) in [6, 6.07) is 0.837. The summed E-state index contributed by atoms with van der Waals surface area (Å²) >= 11 is 0. The van der Waals surface area contributed by atoms with E-state index in [0.29, 0.717) is 0 Å². The Morgan fingerprint density at radius 1 is 1.25 bits per heavy atom. The van der Waals surface area contributed by atoms with Gasteiger partial charge in [-0.1, -0.05) is 12.8 Å². The quantitative estimate of drug-likeness (QED) is 0.582. The van der Waals surface area contributed by atoms with Crippen molar-refractivity contribution in [2.75, 3.05) is 26.7 Å². The Labute approximate surface area is 75.3 Å². The average molecular weight is 168 g/mol. The van der Waals surface area contributed by atoms with Crippen LogP contribution in [-0.4, -0.2) is 37.6 Å². The molecule has 70 valence electrons. The van der Waals surface area contributed by atoms with Gasteiger partial charge in [-0.25, -0.2) is 0 Å². The van der Waals surface area contributed by atoms with Crippen LogP contribution in [0.1, 0.15) is 25.7 Å². The van der Waals surface area contributed by atoms with Crippen LogP contribution < -0.4 is 5.32 Å². The van der Waals surface area contributed by atoms with E-state index < -0.39 is 0 Å². The molecule has 2 unspecified atom stereocenters. The molecular weight excluding hydrogens is 148 g/mol. The standard InChI is InChI=1S/C10H20N2/c1-12-7-6-11-10-5-3-2-4-9(10)8-12/h9-11H,2-8H2,1H3. The van der Waals surface area contributed by atoms with Gasteiger partial charge in [-0.3, -0.25) is 0 Å². The minimum Gasteiger partial charge on any atom is -0.312 e. The molecule has 1 N–H and O–H groups in total. The van der Waals surface area contributed by atoms with Gasteiger partial charge >= 0.3 is 0 Å². The van der Waals surface area contributed by atoms with E-state index in [9.17, 15) is 0 Å². The number of fused-ring (bicyclic) bond motifs is 1. The Morgan fingerprint density at radius 3 is 3.00 bits per heavy atom. The van der Waals surface area contributed by atoms with Gasteiger partial charge in [0.15, 0.2) is 0 Å².